The highest BCUT2D eigenvalue weighted by molar-refractivity contribution is 7.99. The van der Waals surface area contributed by atoms with Gasteiger partial charge in [-0.3, -0.25) is 0 Å². The predicted octanol–water partition coefficient (Wildman–Crippen LogP) is 2.41. The van der Waals surface area contributed by atoms with Crippen molar-refractivity contribution in [2.45, 2.75) is 11.3 Å². The van der Waals surface area contributed by atoms with E-state index in [0.717, 1.165) is 24.3 Å². The van der Waals surface area contributed by atoms with Gasteiger partial charge in [0.2, 0.25) is 0 Å². The summed E-state index contributed by atoms with van der Waals surface area (Å²) in [4.78, 5) is 0.355. The molecule has 0 bridgehead atoms. The molecule has 0 heterocycles. The Morgan fingerprint density at radius 3 is 2.77 bits per heavy atom. The highest BCUT2D eigenvalue weighted by Crippen LogP contribution is 2.22. The van der Waals surface area contributed by atoms with Gasteiger partial charge >= 0.3 is 0 Å². The van der Waals surface area contributed by atoms with Crippen molar-refractivity contribution in [3.8, 4) is 0 Å². The number of rotatable bonds is 4. The number of thioether (sulfide) groups is 1. The zero-order chi connectivity index (χ0) is 9.68. The topological polar surface area (TPSA) is 26.0 Å². The lowest BCUT2D eigenvalue weighted by atomic mass is 10.3. The molecule has 0 amide bonds. The number of hydrogen-bond acceptors (Lipinski definition) is 2. The fourth-order valence-electron chi connectivity index (χ4n) is 0.853. The molecule has 0 saturated heterocycles. The third kappa shape index (κ3) is 3.32. The van der Waals surface area contributed by atoms with E-state index in [4.69, 9.17) is 5.73 Å². The molecule has 0 saturated carbocycles. The monoisotopic (exact) mass is 203 g/mol. The number of halogens is 2. The molecule has 0 fully saturated rings. The van der Waals surface area contributed by atoms with Gasteiger partial charge in [0.05, 0.1) is 0 Å². The standard InChI is InChI=1S/C9H11F2NS/c10-7-2-3-8(11)9(6-7)13-5-1-4-12/h2-3,6H,1,4-5,12H2. The Bertz CT molecular complexity index is 278. The Kier molecular flexibility index (Phi) is 4.18. The number of benzene rings is 1. The van der Waals surface area contributed by atoms with E-state index in [1.807, 2.05) is 0 Å². The predicted molar refractivity (Wildman–Crippen MR) is 50.8 cm³/mol. The van der Waals surface area contributed by atoms with Crippen LogP contribution in [0.2, 0.25) is 0 Å². The molecule has 0 radical (unpaired) electrons. The minimum Gasteiger partial charge on any atom is -0.330 e. The molecule has 0 spiro atoms. The third-order valence-corrected chi connectivity index (χ3v) is 2.62. The van der Waals surface area contributed by atoms with E-state index in [-0.39, 0.29) is 5.82 Å². The van der Waals surface area contributed by atoms with Crippen molar-refractivity contribution >= 4 is 11.8 Å². The van der Waals surface area contributed by atoms with Gasteiger partial charge in [-0.15, -0.1) is 11.8 Å². The maximum absolute atomic E-state index is 13.0. The maximum Gasteiger partial charge on any atom is 0.136 e. The summed E-state index contributed by atoms with van der Waals surface area (Å²) in [7, 11) is 0. The fraction of sp³-hybridized carbons (Fsp3) is 0.333. The molecule has 0 aliphatic carbocycles. The van der Waals surface area contributed by atoms with Gasteiger partial charge in [-0.2, -0.15) is 0 Å². The van der Waals surface area contributed by atoms with Crippen molar-refractivity contribution in [2.75, 3.05) is 12.3 Å². The second kappa shape index (κ2) is 5.19. The van der Waals surface area contributed by atoms with Crippen LogP contribution in [0, 0.1) is 11.6 Å². The van der Waals surface area contributed by atoms with Gasteiger partial charge in [0.25, 0.3) is 0 Å². The highest BCUT2D eigenvalue weighted by atomic mass is 32.2. The average Bonchev–Trinajstić information content (AvgIpc) is 2.11. The van der Waals surface area contributed by atoms with Gasteiger partial charge in [0, 0.05) is 4.90 Å². The molecule has 1 aromatic carbocycles. The van der Waals surface area contributed by atoms with Gasteiger partial charge in [0.15, 0.2) is 0 Å². The molecule has 1 rings (SSSR count). The van der Waals surface area contributed by atoms with E-state index in [1.54, 1.807) is 0 Å². The Morgan fingerprint density at radius 2 is 2.08 bits per heavy atom. The zero-order valence-electron chi connectivity index (χ0n) is 7.09. The molecular weight excluding hydrogens is 192 g/mol. The lowest BCUT2D eigenvalue weighted by molar-refractivity contribution is 0.577. The van der Waals surface area contributed by atoms with Crippen LogP contribution in [0.5, 0.6) is 0 Å². The van der Waals surface area contributed by atoms with Crippen molar-refractivity contribution in [2.24, 2.45) is 5.73 Å². The third-order valence-electron chi connectivity index (χ3n) is 1.50. The Labute approximate surface area is 80.3 Å². The molecule has 0 aliphatic rings. The van der Waals surface area contributed by atoms with E-state index in [0.29, 0.717) is 11.4 Å². The quantitative estimate of drug-likeness (QED) is 0.600. The lowest BCUT2D eigenvalue weighted by Gasteiger charge is -2.01. The van der Waals surface area contributed by atoms with Crippen molar-refractivity contribution < 1.29 is 8.78 Å². The Morgan fingerprint density at radius 1 is 1.31 bits per heavy atom. The van der Waals surface area contributed by atoms with Gasteiger partial charge in [0.1, 0.15) is 11.6 Å². The van der Waals surface area contributed by atoms with E-state index in [2.05, 4.69) is 0 Å². The highest BCUT2D eigenvalue weighted by Gasteiger charge is 2.03. The molecule has 0 unspecified atom stereocenters. The average molecular weight is 203 g/mol. The SMILES string of the molecule is NCCCSc1cc(F)ccc1F. The van der Waals surface area contributed by atoms with Crippen molar-refractivity contribution in [1.29, 1.82) is 0 Å². The fourth-order valence-corrected chi connectivity index (χ4v) is 1.79. The first-order chi connectivity index (χ1) is 6.24. The van der Waals surface area contributed by atoms with Crippen molar-refractivity contribution in [1.82, 2.24) is 0 Å². The molecule has 13 heavy (non-hydrogen) atoms. The first-order valence-corrected chi connectivity index (χ1v) is 5.00. The van der Waals surface area contributed by atoms with Gasteiger partial charge < -0.3 is 5.73 Å². The van der Waals surface area contributed by atoms with Crippen LogP contribution in [-0.4, -0.2) is 12.3 Å². The Hall–Kier alpha value is -0.610. The molecule has 1 nitrogen and oxygen atoms in total. The van der Waals surface area contributed by atoms with Crippen LogP contribution in [-0.2, 0) is 0 Å². The van der Waals surface area contributed by atoms with Crippen molar-refractivity contribution in [3.63, 3.8) is 0 Å². The minimum absolute atomic E-state index is 0.355. The summed E-state index contributed by atoms with van der Waals surface area (Å²) in [5.74, 6) is -0.0586. The molecule has 2 N–H and O–H groups in total. The van der Waals surface area contributed by atoms with Crippen LogP contribution in [0.3, 0.4) is 0 Å². The van der Waals surface area contributed by atoms with Crippen molar-refractivity contribution in [3.05, 3.63) is 29.8 Å². The number of hydrogen-bond donors (Lipinski definition) is 1. The number of nitrogens with two attached hydrogens (primary N) is 1. The minimum atomic E-state index is -0.406. The van der Waals surface area contributed by atoms with Crippen LogP contribution in [0.25, 0.3) is 0 Å². The molecular formula is C9H11F2NS. The summed E-state index contributed by atoms with van der Waals surface area (Å²) >= 11 is 1.29. The summed E-state index contributed by atoms with van der Waals surface area (Å²) < 4.78 is 25.6. The Balaban J connectivity index is 2.59. The largest absolute Gasteiger partial charge is 0.330 e. The van der Waals surface area contributed by atoms with Crippen LogP contribution >= 0.6 is 11.8 Å². The van der Waals surface area contributed by atoms with E-state index in [1.165, 1.54) is 17.8 Å². The summed E-state index contributed by atoms with van der Waals surface area (Å²) in [6.07, 6.45) is 0.806. The normalized spacial score (nSPS) is 10.4. The van der Waals surface area contributed by atoms with Gasteiger partial charge in [-0.25, -0.2) is 8.78 Å². The first-order valence-electron chi connectivity index (χ1n) is 4.02. The summed E-state index contributed by atoms with van der Waals surface area (Å²) in [5.41, 5.74) is 5.28. The van der Waals surface area contributed by atoms with Gasteiger partial charge in [-0.05, 0) is 36.9 Å². The summed E-state index contributed by atoms with van der Waals surface area (Å²) in [5, 5.41) is 0. The molecule has 1 aromatic rings. The van der Waals surface area contributed by atoms with E-state index in [9.17, 15) is 8.78 Å². The lowest BCUT2D eigenvalue weighted by Crippen LogP contribution is -1.99. The van der Waals surface area contributed by atoms with Crippen LogP contribution < -0.4 is 5.73 Å². The smallest absolute Gasteiger partial charge is 0.136 e. The second-order valence-electron chi connectivity index (χ2n) is 2.57. The van der Waals surface area contributed by atoms with Crippen LogP contribution in [0.4, 0.5) is 8.78 Å². The van der Waals surface area contributed by atoms with Gasteiger partial charge in [-0.1, -0.05) is 0 Å². The van der Waals surface area contributed by atoms with E-state index >= 15 is 0 Å². The summed E-state index contributed by atoms with van der Waals surface area (Å²) in [6, 6.07) is 3.46. The van der Waals surface area contributed by atoms with Crippen LogP contribution in [0.1, 0.15) is 6.42 Å². The molecule has 0 aliphatic heterocycles. The molecule has 0 atom stereocenters. The van der Waals surface area contributed by atoms with Crippen LogP contribution in [0.15, 0.2) is 23.1 Å². The second-order valence-corrected chi connectivity index (χ2v) is 3.70. The molecule has 0 aromatic heterocycles. The summed E-state index contributed by atoms with van der Waals surface area (Å²) in [6.45, 7) is 0.573. The molecule has 72 valence electrons. The molecule has 4 heteroatoms. The van der Waals surface area contributed by atoms with E-state index < -0.39 is 5.82 Å². The zero-order valence-corrected chi connectivity index (χ0v) is 7.91. The first kappa shape index (κ1) is 10.5. The maximum atomic E-state index is 13.0.